The van der Waals surface area contributed by atoms with Crippen LogP contribution in [-0.4, -0.2) is 35.3 Å². The predicted molar refractivity (Wildman–Crippen MR) is 62.8 cm³/mol. The first-order valence-corrected chi connectivity index (χ1v) is 5.88. The van der Waals surface area contributed by atoms with Gasteiger partial charge in [0.15, 0.2) is 11.4 Å². The first-order chi connectivity index (χ1) is 8.08. The first kappa shape index (κ1) is 10.5. The maximum atomic E-state index is 11.2. The monoisotopic (exact) mass is 236 g/mol. The Labute approximate surface area is 99.6 Å². The number of ether oxygens (including phenoxy) is 1. The second kappa shape index (κ2) is 3.42. The van der Waals surface area contributed by atoms with Crippen LogP contribution < -0.4 is 9.64 Å². The van der Waals surface area contributed by atoms with E-state index in [0.29, 0.717) is 11.7 Å². The second-order valence-corrected chi connectivity index (χ2v) is 4.98. The minimum atomic E-state index is -0.932. The molecule has 0 amide bonds. The van der Waals surface area contributed by atoms with Crippen LogP contribution in [0.4, 0.5) is 5.69 Å². The fourth-order valence-corrected chi connectivity index (χ4v) is 2.49. The molecule has 1 atom stereocenters. The summed E-state index contributed by atoms with van der Waals surface area (Å²) in [4.78, 5) is 13.3. The number of carboxylic acids is 1. The number of hydrogen-bond donors (Lipinski definition) is 1. The molecule has 2 aliphatic rings. The molecule has 92 valence electrons. The molecule has 0 bridgehead atoms. The van der Waals surface area contributed by atoms with E-state index in [1.807, 2.05) is 13.2 Å². The molecular formula is C12H16N2O3. The number of carbonyl (C=O) groups is 1. The Morgan fingerprint density at radius 2 is 2.18 bits per heavy atom. The van der Waals surface area contributed by atoms with E-state index in [1.165, 1.54) is 12.8 Å². The average Bonchev–Trinajstić information content (AvgIpc) is 3.01. The van der Waals surface area contributed by atoms with Crippen molar-refractivity contribution in [1.82, 2.24) is 4.57 Å². The Kier molecular flexibility index (Phi) is 2.11. The third-order valence-electron chi connectivity index (χ3n) is 3.60. The Morgan fingerprint density at radius 3 is 2.76 bits per heavy atom. The largest absolute Gasteiger partial charge is 0.484 e. The predicted octanol–water partition coefficient (Wildman–Crippen LogP) is 1.33. The number of anilines is 1. The van der Waals surface area contributed by atoms with Crippen molar-refractivity contribution in [2.75, 3.05) is 18.5 Å². The lowest BCUT2D eigenvalue weighted by molar-refractivity contribution is 0.0676. The lowest BCUT2D eigenvalue weighted by Crippen LogP contribution is -2.38. The third-order valence-corrected chi connectivity index (χ3v) is 3.60. The van der Waals surface area contributed by atoms with Crippen molar-refractivity contribution in [2.24, 2.45) is 13.0 Å². The molecule has 1 aliphatic carbocycles. The zero-order valence-corrected chi connectivity index (χ0v) is 10.0. The van der Waals surface area contributed by atoms with Crippen LogP contribution in [-0.2, 0) is 7.05 Å². The molecule has 5 nitrogen and oxygen atoms in total. The third kappa shape index (κ3) is 1.57. The molecule has 0 radical (unpaired) electrons. The summed E-state index contributed by atoms with van der Waals surface area (Å²) in [5.74, 6) is 0.205. The quantitative estimate of drug-likeness (QED) is 0.841. The van der Waals surface area contributed by atoms with Crippen molar-refractivity contribution in [1.29, 1.82) is 0 Å². The summed E-state index contributed by atoms with van der Waals surface area (Å²) < 4.78 is 7.52. The Morgan fingerprint density at radius 1 is 1.47 bits per heavy atom. The molecule has 1 aliphatic heterocycles. The highest BCUT2D eigenvalue weighted by Gasteiger charge is 2.39. The summed E-state index contributed by atoms with van der Waals surface area (Å²) in [5, 5.41) is 9.22. The number of aromatic nitrogens is 1. The number of fused-ring (bicyclic) bond motifs is 1. The zero-order valence-electron chi connectivity index (χ0n) is 10.0. The highest BCUT2D eigenvalue weighted by molar-refractivity contribution is 5.92. The summed E-state index contributed by atoms with van der Waals surface area (Å²) in [6.07, 6.45) is 4.36. The van der Waals surface area contributed by atoms with E-state index in [0.717, 1.165) is 12.2 Å². The van der Waals surface area contributed by atoms with E-state index >= 15 is 0 Å². The molecule has 17 heavy (non-hydrogen) atoms. The number of aromatic carboxylic acids is 1. The fraction of sp³-hybridized carbons (Fsp3) is 0.583. The van der Waals surface area contributed by atoms with Gasteiger partial charge >= 0.3 is 5.97 Å². The lowest BCUT2D eigenvalue weighted by atomic mass is 10.1. The highest BCUT2D eigenvalue weighted by Crippen LogP contribution is 2.43. The number of aryl methyl sites for hydroxylation is 1. The van der Waals surface area contributed by atoms with Crippen molar-refractivity contribution in [3.05, 3.63) is 11.9 Å². The molecule has 5 heteroatoms. The van der Waals surface area contributed by atoms with E-state index in [4.69, 9.17) is 4.74 Å². The van der Waals surface area contributed by atoms with Gasteiger partial charge in [0.25, 0.3) is 0 Å². The van der Waals surface area contributed by atoms with Crippen LogP contribution in [0.2, 0.25) is 0 Å². The van der Waals surface area contributed by atoms with Gasteiger partial charge in [0.05, 0.1) is 12.2 Å². The average molecular weight is 236 g/mol. The van der Waals surface area contributed by atoms with Gasteiger partial charge in [-0.05, 0) is 18.8 Å². The topological polar surface area (TPSA) is 54.7 Å². The lowest BCUT2D eigenvalue weighted by Gasteiger charge is -2.32. The minimum absolute atomic E-state index is 0.146. The van der Waals surface area contributed by atoms with Gasteiger partial charge in [0, 0.05) is 20.3 Å². The maximum Gasteiger partial charge on any atom is 0.356 e. The van der Waals surface area contributed by atoms with E-state index in [9.17, 15) is 9.90 Å². The highest BCUT2D eigenvalue weighted by atomic mass is 16.5. The maximum absolute atomic E-state index is 11.2. The Hall–Kier alpha value is -1.65. The molecule has 2 heterocycles. The smallest absolute Gasteiger partial charge is 0.356 e. The second-order valence-electron chi connectivity index (χ2n) is 4.98. The normalized spacial score (nSPS) is 23.2. The number of hydrogen-bond acceptors (Lipinski definition) is 3. The Balaban J connectivity index is 2.02. The molecule has 1 unspecified atom stereocenters. The van der Waals surface area contributed by atoms with Gasteiger partial charge in [-0.25, -0.2) is 4.79 Å². The molecule has 0 saturated heterocycles. The SMILES string of the molecule is CN1CC(C2CC2)Oc2c1cn(C)c2C(=O)O. The number of rotatable bonds is 2. The molecule has 0 aromatic carbocycles. The van der Waals surface area contributed by atoms with Crippen molar-refractivity contribution >= 4 is 11.7 Å². The van der Waals surface area contributed by atoms with Crippen LogP contribution in [0.15, 0.2) is 6.20 Å². The van der Waals surface area contributed by atoms with Gasteiger partial charge in [-0.2, -0.15) is 0 Å². The van der Waals surface area contributed by atoms with Crippen LogP contribution >= 0.6 is 0 Å². The zero-order chi connectivity index (χ0) is 12.2. The van der Waals surface area contributed by atoms with Crippen LogP contribution in [0.25, 0.3) is 0 Å². The van der Waals surface area contributed by atoms with Gasteiger partial charge < -0.3 is 19.3 Å². The van der Waals surface area contributed by atoms with Crippen LogP contribution in [0.3, 0.4) is 0 Å². The number of nitrogens with zero attached hydrogens (tertiary/aromatic N) is 2. The Bertz CT molecular complexity index is 476. The summed E-state index contributed by atoms with van der Waals surface area (Å²) in [6, 6.07) is 0. The van der Waals surface area contributed by atoms with E-state index in [2.05, 4.69) is 4.90 Å². The molecule has 3 rings (SSSR count). The summed E-state index contributed by atoms with van der Waals surface area (Å²) in [7, 11) is 3.73. The van der Waals surface area contributed by atoms with Crippen LogP contribution in [0.5, 0.6) is 5.75 Å². The fourth-order valence-electron chi connectivity index (χ4n) is 2.49. The first-order valence-electron chi connectivity index (χ1n) is 5.88. The molecule has 1 N–H and O–H groups in total. The summed E-state index contributed by atoms with van der Waals surface area (Å²) in [5.41, 5.74) is 1.12. The van der Waals surface area contributed by atoms with Crippen molar-refractivity contribution in [2.45, 2.75) is 18.9 Å². The standard InChI is InChI=1S/C12H16N2O3/c1-13-6-9(7-3-4-7)17-11-8(13)5-14(2)10(11)12(15)16/h5,7,9H,3-4,6H2,1-2H3,(H,15,16). The van der Waals surface area contributed by atoms with Gasteiger partial charge in [0.1, 0.15) is 6.10 Å². The molecule has 1 saturated carbocycles. The number of carboxylic acid groups (broad SMARTS) is 1. The van der Waals surface area contributed by atoms with Crippen LogP contribution in [0, 0.1) is 5.92 Å². The molecule has 0 spiro atoms. The molecule has 1 aromatic rings. The van der Waals surface area contributed by atoms with E-state index < -0.39 is 5.97 Å². The van der Waals surface area contributed by atoms with E-state index in [-0.39, 0.29) is 11.8 Å². The molecular weight excluding hydrogens is 220 g/mol. The minimum Gasteiger partial charge on any atom is -0.484 e. The van der Waals surface area contributed by atoms with Gasteiger partial charge in [0.2, 0.25) is 0 Å². The summed E-state index contributed by atoms with van der Waals surface area (Å²) in [6.45, 7) is 0.848. The van der Waals surface area contributed by atoms with E-state index in [1.54, 1.807) is 11.6 Å². The molecule has 1 aromatic heterocycles. The number of likely N-dealkylation sites (N-methyl/N-ethyl adjacent to an activating group) is 1. The summed E-state index contributed by atoms with van der Waals surface area (Å²) >= 11 is 0. The van der Waals surface area contributed by atoms with Crippen LogP contribution in [0.1, 0.15) is 23.3 Å². The van der Waals surface area contributed by atoms with Gasteiger partial charge in [-0.15, -0.1) is 0 Å². The molecule has 1 fully saturated rings. The van der Waals surface area contributed by atoms with Crippen molar-refractivity contribution in [3.8, 4) is 5.75 Å². The van der Waals surface area contributed by atoms with Crippen molar-refractivity contribution in [3.63, 3.8) is 0 Å². The van der Waals surface area contributed by atoms with Gasteiger partial charge in [-0.1, -0.05) is 0 Å². The van der Waals surface area contributed by atoms with Gasteiger partial charge in [-0.3, -0.25) is 0 Å². The van der Waals surface area contributed by atoms with Crippen molar-refractivity contribution < 1.29 is 14.6 Å².